The molecule has 3 aromatic rings. The number of carbonyl (C=O) groups is 1. The normalized spacial score (nSPS) is 18.9. The number of likely N-dealkylation sites (tertiary alicyclic amines) is 1. The van der Waals surface area contributed by atoms with E-state index in [2.05, 4.69) is 9.88 Å². The molecular formula is C27H33N5O3. The number of rotatable bonds is 7. The van der Waals surface area contributed by atoms with Crippen LogP contribution in [0.2, 0.25) is 0 Å². The monoisotopic (exact) mass is 475 g/mol. The van der Waals surface area contributed by atoms with E-state index in [1.807, 2.05) is 55.3 Å². The van der Waals surface area contributed by atoms with Gasteiger partial charge in [-0.25, -0.2) is 9.97 Å². The Labute approximate surface area is 206 Å². The quantitative estimate of drug-likeness (QED) is 0.513. The Bertz CT molecular complexity index is 1160. The number of pyridine rings is 1. The molecule has 0 N–H and O–H groups in total. The molecule has 1 atom stereocenters. The summed E-state index contributed by atoms with van der Waals surface area (Å²) in [4.78, 5) is 31.3. The van der Waals surface area contributed by atoms with Gasteiger partial charge in [-0.05, 0) is 69.4 Å². The van der Waals surface area contributed by atoms with Gasteiger partial charge in [0.2, 0.25) is 11.9 Å². The number of hydrogen-bond acceptors (Lipinski definition) is 7. The van der Waals surface area contributed by atoms with Gasteiger partial charge in [-0.15, -0.1) is 0 Å². The molecule has 0 saturated carbocycles. The summed E-state index contributed by atoms with van der Waals surface area (Å²) >= 11 is 0. The zero-order valence-electron chi connectivity index (χ0n) is 20.5. The number of hydrogen-bond donors (Lipinski definition) is 0. The van der Waals surface area contributed by atoms with Crippen molar-refractivity contribution in [3.63, 3.8) is 0 Å². The van der Waals surface area contributed by atoms with Crippen molar-refractivity contribution in [2.45, 2.75) is 58.3 Å². The minimum atomic E-state index is -0.206. The van der Waals surface area contributed by atoms with Crippen LogP contribution < -0.4 is 9.64 Å². The van der Waals surface area contributed by atoms with E-state index < -0.39 is 0 Å². The molecule has 2 fully saturated rings. The number of aryl methyl sites for hydroxylation is 1. The first-order valence-electron chi connectivity index (χ1n) is 12.6. The largest absolute Gasteiger partial charge is 0.494 e. The van der Waals surface area contributed by atoms with E-state index in [4.69, 9.17) is 19.4 Å². The number of anilines is 1. The summed E-state index contributed by atoms with van der Waals surface area (Å²) in [6, 6.07) is 9.64. The third kappa shape index (κ3) is 5.22. The fourth-order valence-electron chi connectivity index (χ4n) is 5.04. The second kappa shape index (κ2) is 10.6. The van der Waals surface area contributed by atoms with Crippen LogP contribution in [0.4, 0.5) is 5.95 Å². The molecule has 2 aromatic heterocycles. The molecule has 5 rings (SSSR count). The molecule has 0 spiro atoms. The molecule has 2 aliphatic rings. The maximum atomic E-state index is 13.5. The summed E-state index contributed by atoms with van der Waals surface area (Å²) in [7, 11) is 0. The number of carbonyl (C=O) groups excluding carboxylic acids is 1. The number of piperidine rings is 1. The van der Waals surface area contributed by atoms with Gasteiger partial charge < -0.3 is 19.3 Å². The van der Waals surface area contributed by atoms with Crippen LogP contribution in [-0.4, -0.2) is 64.1 Å². The molecule has 1 amide bonds. The third-order valence-electron chi connectivity index (χ3n) is 6.91. The third-order valence-corrected chi connectivity index (χ3v) is 6.91. The van der Waals surface area contributed by atoms with Gasteiger partial charge in [0, 0.05) is 37.4 Å². The molecule has 0 bridgehead atoms. The van der Waals surface area contributed by atoms with Gasteiger partial charge in [-0.3, -0.25) is 9.78 Å². The number of aromatic nitrogens is 3. The van der Waals surface area contributed by atoms with Crippen LogP contribution >= 0.6 is 0 Å². The van der Waals surface area contributed by atoms with E-state index in [0.717, 1.165) is 73.2 Å². The molecule has 35 heavy (non-hydrogen) atoms. The van der Waals surface area contributed by atoms with Crippen molar-refractivity contribution in [1.82, 2.24) is 19.9 Å². The van der Waals surface area contributed by atoms with Crippen LogP contribution in [0, 0.1) is 6.92 Å². The first-order chi connectivity index (χ1) is 17.1. The predicted molar refractivity (Wildman–Crippen MR) is 134 cm³/mol. The number of benzene rings is 1. The first-order valence-corrected chi connectivity index (χ1v) is 12.6. The summed E-state index contributed by atoms with van der Waals surface area (Å²) in [5.41, 5.74) is 2.85. The average Bonchev–Trinajstić information content (AvgIpc) is 3.38. The van der Waals surface area contributed by atoms with Crippen LogP contribution in [0.5, 0.6) is 5.75 Å². The highest BCUT2D eigenvalue weighted by Crippen LogP contribution is 2.29. The van der Waals surface area contributed by atoms with Gasteiger partial charge in [0.15, 0.2) is 0 Å². The summed E-state index contributed by atoms with van der Waals surface area (Å²) in [5, 5.41) is 0.982. The molecule has 2 aliphatic heterocycles. The number of nitrogens with zero attached hydrogens (tertiary/aromatic N) is 5. The van der Waals surface area contributed by atoms with Crippen LogP contribution in [0.15, 0.2) is 42.7 Å². The van der Waals surface area contributed by atoms with Crippen molar-refractivity contribution in [2.24, 2.45) is 0 Å². The van der Waals surface area contributed by atoms with Crippen LogP contribution in [0.3, 0.4) is 0 Å². The van der Waals surface area contributed by atoms with E-state index in [0.29, 0.717) is 19.2 Å². The molecule has 8 heteroatoms. The summed E-state index contributed by atoms with van der Waals surface area (Å²) in [5.74, 6) is 1.65. The Balaban J connectivity index is 1.23. The maximum absolute atomic E-state index is 13.5. The van der Waals surface area contributed by atoms with Gasteiger partial charge in [0.25, 0.3) is 0 Å². The lowest BCUT2D eigenvalue weighted by molar-refractivity contribution is -0.135. The summed E-state index contributed by atoms with van der Waals surface area (Å²) in [6.07, 6.45) is 7.28. The van der Waals surface area contributed by atoms with Crippen LogP contribution in [0.25, 0.3) is 10.9 Å². The lowest BCUT2D eigenvalue weighted by Crippen LogP contribution is -2.49. The first kappa shape index (κ1) is 23.5. The Morgan fingerprint density at radius 2 is 1.97 bits per heavy atom. The minimum absolute atomic E-state index is 0.173. The Kier molecular flexibility index (Phi) is 7.08. The fourth-order valence-corrected chi connectivity index (χ4v) is 5.04. The Hall–Kier alpha value is -3.26. The highest BCUT2D eigenvalue weighted by molar-refractivity contribution is 5.87. The van der Waals surface area contributed by atoms with E-state index in [9.17, 15) is 4.79 Å². The molecule has 0 aliphatic carbocycles. The Morgan fingerprint density at radius 3 is 2.74 bits per heavy atom. The van der Waals surface area contributed by atoms with Gasteiger partial charge in [0.05, 0.1) is 30.5 Å². The highest BCUT2D eigenvalue weighted by Gasteiger charge is 2.36. The SMILES string of the molecule is CCOc1ccc2nc(N3CCC[C@H]3C(=O)N3CCC(OCc4cccnc4)CC3)nc(C)c2c1. The smallest absolute Gasteiger partial charge is 0.245 e. The lowest BCUT2D eigenvalue weighted by atomic mass is 10.1. The van der Waals surface area contributed by atoms with Gasteiger partial charge in [-0.2, -0.15) is 0 Å². The van der Waals surface area contributed by atoms with Gasteiger partial charge >= 0.3 is 0 Å². The zero-order valence-corrected chi connectivity index (χ0v) is 20.5. The van der Waals surface area contributed by atoms with Crippen molar-refractivity contribution < 1.29 is 14.3 Å². The molecule has 8 nitrogen and oxygen atoms in total. The minimum Gasteiger partial charge on any atom is -0.494 e. The van der Waals surface area contributed by atoms with Crippen molar-refractivity contribution in [3.8, 4) is 5.75 Å². The van der Waals surface area contributed by atoms with Crippen LogP contribution in [-0.2, 0) is 16.1 Å². The topological polar surface area (TPSA) is 80.7 Å². The zero-order chi connectivity index (χ0) is 24.2. The number of ether oxygens (including phenoxy) is 2. The lowest BCUT2D eigenvalue weighted by Gasteiger charge is -2.35. The summed E-state index contributed by atoms with van der Waals surface area (Å²) in [6.45, 7) is 7.38. The maximum Gasteiger partial charge on any atom is 0.245 e. The van der Waals surface area contributed by atoms with Crippen molar-refractivity contribution in [2.75, 3.05) is 31.1 Å². The van der Waals surface area contributed by atoms with Crippen molar-refractivity contribution in [1.29, 1.82) is 0 Å². The molecule has 2 saturated heterocycles. The van der Waals surface area contributed by atoms with Gasteiger partial charge in [-0.1, -0.05) is 6.07 Å². The second-order valence-corrected chi connectivity index (χ2v) is 9.27. The molecule has 184 valence electrons. The van der Waals surface area contributed by atoms with E-state index in [1.54, 1.807) is 6.20 Å². The average molecular weight is 476 g/mol. The van der Waals surface area contributed by atoms with E-state index >= 15 is 0 Å². The molecular weight excluding hydrogens is 442 g/mol. The van der Waals surface area contributed by atoms with Crippen LogP contribution in [0.1, 0.15) is 43.9 Å². The number of fused-ring (bicyclic) bond motifs is 1. The van der Waals surface area contributed by atoms with Crippen molar-refractivity contribution in [3.05, 3.63) is 54.0 Å². The van der Waals surface area contributed by atoms with E-state index in [1.165, 1.54) is 0 Å². The molecule has 4 heterocycles. The second-order valence-electron chi connectivity index (χ2n) is 9.27. The molecule has 1 aromatic carbocycles. The summed E-state index contributed by atoms with van der Waals surface area (Å²) < 4.78 is 11.7. The molecule has 0 radical (unpaired) electrons. The van der Waals surface area contributed by atoms with Crippen molar-refractivity contribution >= 4 is 22.8 Å². The van der Waals surface area contributed by atoms with Gasteiger partial charge in [0.1, 0.15) is 11.8 Å². The fraction of sp³-hybridized carbons (Fsp3) is 0.481. The van der Waals surface area contributed by atoms with E-state index in [-0.39, 0.29) is 18.1 Å². The standard InChI is InChI=1S/C27H33N5O3/c1-3-34-22-8-9-24-23(16-22)19(2)29-27(30-24)32-13-5-7-25(32)26(33)31-14-10-21(11-15-31)35-18-20-6-4-12-28-17-20/h4,6,8-9,12,16-17,21,25H,3,5,7,10-11,13-15,18H2,1-2H3/t25-/m0/s1. The predicted octanol–water partition coefficient (Wildman–Crippen LogP) is 3.91. The number of amides is 1. The molecule has 0 unspecified atom stereocenters. The Morgan fingerprint density at radius 1 is 1.11 bits per heavy atom. The highest BCUT2D eigenvalue weighted by atomic mass is 16.5.